The Balaban J connectivity index is 0.867. The Morgan fingerprint density at radius 2 is 1.04 bits per heavy atom. The summed E-state index contributed by atoms with van der Waals surface area (Å²) in [5.41, 5.74) is 1.96. The van der Waals surface area contributed by atoms with Crippen molar-refractivity contribution in [3.05, 3.63) is 71.8 Å². The number of benzene rings is 2. The van der Waals surface area contributed by atoms with Crippen LogP contribution in [0.5, 0.6) is 5.75 Å². The topological polar surface area (TPSA) is 231 Å². The molecule has 1 fully saturated rings. The number of ketones is 1. The molecule has 3 amide bonds. The summed E-state index contributed by atoms with van der Waals surface area (Å²) in [4.78, 5) is 76.8. The van der Waals surface area contributed by atoms with Gasteiger partial charge in [-0.1, -0.05) is 12.2 Å². The molecule has 0 radical (unpaired) electrons. The molecule has 2 aromatic rings. The van der Waals surface area contributed by atoms with Crippen LogP contribution in [0.1, 0.15) is 93.0 Å². The molecule has 4 rings (SSSR count). The predicted molar refractivity (Wildman–Crippen MR) is 262 cm³/mol. The molecule has 72 heavy (non-hydrogen) atoms. The number of esters is 1. The number of hydrogen-bond acceptors (Lipinski definition) is 18. The highest BCUT2D eigenvalue weighted by Crippen LogP contribution is 2.19. The maximum absolute atomic E-state index is 13.1. The van der Waals surface area contributed by atoms with Crippen molar-refractivity contribution in [1.82, 2.24) is 10.4 Å². The molecule has 1 aliphatic heterocycles. The molecular weight excluding hydrogens is 939 g/mol. The lowest BCUT2D eigenvalue weighted by Crippen LogP contribution is -2.32. The number of ether oxygens (including phenoxy) is 10. The maximum Gasteiger partial charge on any atom is 0.335 e. The van der Waals surface area contributed by atoms with E-state index in [-0.39, 0.29) is 62.7 Å². The number of anilines is 1. The van der Waals surface area contributed by atoms with Crippen LogP contribution < -0.4 is 15.4 Å². The second-order valence-electron chi connectivity index (χ2n) is 16.5. The van der Waals surface area contributed by atoms with Crippen molar-refractivity contribution in [2.75, 3.05) is 131 Å². The molecule has 1 atom stereocenters. The Bertz CT molecular complexity index is 1870. The van der Waals surface area contributed by atoms with E-state index < -0.39 is 17.8 Å². The van der Waals surface area contributed by atoms with Crippen molar-refractivity contribution >= 4 is 41.1 Å². The molecule has 0 saturated carbocycles. The predicted octanol–water partition coefficient (Wildman–Crippen LogP) is 4.95. The molecule has 2 aromatic carbocycles. The van der Waals surface area contributed by atoms with Gasteiger partial charge in [0.05, 0.1) is 112 Å². The third-order valence-corrected chi connectivity index (χ3v) is 10.8. The Hall–Kier alpha value is -5.32. The average molecular weight is 1010 g/mol. The van der Waals surface area contributed by atoms with Crippen molar-refractivity contribution in [3.8, 4) is 5.75 Å². The van der Waals surface area contributed by atoms with E-state index in [0.717, 1.165) is 37.8 Å². The highest BCUT2D eigenvalue weighted by Gasteiger charge is 2.32. The Morgan fingerprint density at radius 1 is 0.514 bits per heavy atom. The third kappa shape index (κ3) is 27.5. The second-order valence-corrected chi connectivity index (χ2v) is 16.5. The summed E-state index contributed by atoms with van der Waals surface area (Å²) in [6.45, 7) is 7.45. The van der Waals surface area contributed by atoms with Crippen molar-refractivity contribution < 1.29 is 81.0 Å². The quantitative estimate of drug-likeness (QED) is 0.0295. The van der Waals surface area contributed by atoms with E-state index in [0.29, 0.717) is 153 Å². The number of carbonyl (C=O) groups excluding carboxylic acids is 6. The van der Waals surface area contributed by atoms with Gasteiger partial charge in [0.2, 0.25) is 5.91 Å². The standard InChI is InChI=1S/C52H75N3O17/c56-47(21-27-63-31-35-67-39-38-66-34-30-62-25-6-10-50(59)71-46-8-4-2-1-3-5-9-46)54-23-7-26-70-45-17-13-43(14-18-45)52(61)42-11-15-44(16-12-42)53-24-29-65-33-37-69-41-40-68-36-32-64-28-22-51(60)72-55-48(57)19-20-49(55)58/h1-2,11-18,46,53H,3-10,19-41H2,(H,54,56)/b2-1+. The summed E-state index contributed by atoms with van der Waals surface area (Å²) in [6.07, 6.45) is 11.1. The van der Waals surface area contributed by atoms with Crippen LogP contribution in [-0.4, -0.2) is 172 Å². The lowest BCUT2D eigenvalue weighted by atomic mass is 10.0. The number of nitrogens with one attached hydrogen (secondary N) is 2. The van der Waals surface area contributed by atoms with E-state index >= 15 is 0 Å². The lowest BCUT2D eigenvalue weighted by molar-refractivity contribution is -0.198. The van der Waals surface area contributed by atoms with Crippen LogP contribution in [0.2, 0.25) is 0 Å². The van der Waals surface area contributed by atoms with Crippen LogP contribution >= 0.6 is 0 Å². The van der Waals surface area contributed by atoms with E-state index in [4.69, 9.17) is 52.2 Å². The van der Waals surface area contributed by atoms with Gasteiger partial charge in [-0.2, -0.15) is 0 Å². The van der Waals surface area contributed by atoms with Crippen molar-refractivity contribution in [3.63, 3.8) is 0 Å². The lowest BCUT2D eigenvalue weighted by Gasteiger charge is -2.18. The van der Waals surface area contributed by atoms with Gasteiger partial charge in [-0.05, 0) is 93.5 Å². The van der Waals surface area contributed by atoms with Gasteiger partial charge in [0.15, 0.2) is 5.78 Å². The number of hydroxylamine groups is 2. The van der Waals surface area contributed by atoms with Gasteiger partial charge in [0.25, 0.3) is 11.8 Å². The van der Waals surface area contributed by atoms with Gasteiger partial charge in [0.1, 0.15) is 11.9 Å². The van der Waals surface area contributed by atoms with Crippen LogP contribution in [0.3, 0.4) is 0 Å². The molecule has 1 aliphatic carbocycles. The number of imide groups is 1. The van der Waals surface area contributed by atoms with E-state index in [2.05, 4.69) is 22.8 Å². The van der Waals surface area contributed by atoms with Crippen LogP contribution in [0.15, 0.2) is 60.7 Å². The zero-order valence-corrected chi connectivity index (χ0v) is 41.7. The molecule has 0 bridgehead atoms. The first kappa shape index (κ1) is 59.2. The fourth-order valence-corrected chi connectivity index (χ4v) is 6.91. The van der Waals surface area contributed by atoms with Crippen LogP contribution in [-0.2, 0) is 71.4 Å². The van der Waals surface area contributed by atoms with E-state index in [1.807, 2.05) is 12.1 Å². The van der Waals surface area contributed by atoms with Gasteiger partial charge in [-0.15, -0.1) is 5.06 Å². The van der Waals surface area contributed by atoms with Crippen LogP contribution in [0.25, 0.3) is 0 Å². The highest BCUT2D eigenvalue weighted by atomic mass is 16.7. The number of carbonyl (C=O) groups is 6. The van der Waals surface area contributed by atoms with Crippen molar-refractivity contribution in [1.29, 1.82) is 0 Å². The molecule has 0 spiro atoms. The SMILES string of the molecule is O=C(CCOCCOCCOCCOCCCC(=O)OC1CC/C=C/CCC1)NCCCOc1ccc(C(=O)c2ccc(NCCOCCOCCOCCOCCC(=O)ON3C(=O)CCC3=O)cc2)cc1. The molecule has 1 unspecified atom stereocenters. The summed E-state index contributed by atoms with van der Waals surface area (Å²) in [5.74, 6) is -1.48. The van der Waals surface area contributed by atoms with Gasteiger partial charge in [0, 0.05) is 62.2 Å². The number of hydrogen-bond donors (Lipinski definition) is 2. The van der Waals surface area contributed by atoms with Gasteiger partial charge < -0.3 is 62.8 Å². The average Bonchev–Trinajstić information content (AvgIpc) is 3.69. The summed E-state index contributed by atoms with van der Waals surface area (Å²) in [7, 11) is 0. The minimum Gasteiger partial charge on any atom is -0.494 e. The summed E-state index contributed by atoms with van der Waals surface area (Å²) in [6, 6.07) is 14.2. The molecule has 400 valence electrons. The summed E-state index contributed by atoms with van der Waals surface area (Å²) >= 11 is 0. The second kappa shape index (κ2) is 38.3. The first-order valence-corrected chi connectivity index (χ1v) is 25.2. The fourth-order valence-electron chi connectivity index (χ4n) is 6.91. The van der Waals surface area contributed by atoms with Crippen LogP contribution in [0.4, 0.5) is 5.69 Å². The van der Waals surface area contributed by atoms with E-state index in [1.54, 1.807) is 36.4 Å². The zero-order chi connectivity index (χ0) is 51.1. The molecule has 20 nitrogen and oxygen atoms in total. The molecule has 20 heteroatoms. The molecule has 2 N–H and O–H groups in total. The zero-order valence-electron chi connectivity index (χ0n) is 41.7. The van der Waals surface area contributed by atoms with Crippen molar-refractivity contribution in [2.24, 2.45) is 0 Å². The fraction of sp³-hybridized carbons (Fsp3) is 0.615. The number of nitrogens with zero attached hydrogens (tertiary/aromatic N) is 1. The molecule has 2 aliphatic rings. The number of rotatable bonds is 41. The molecular formula is C52H75N3O17. The smallest absolute Gasteiger partial charge is 0.335 e. The Morgan fingerprint density at radius 3 is 1.65 bits per heavy atom. The van der Waals surface area contributed by atoms with E-state index in [9.17, 15) is 28.8 Å². The highest BCUT2D eigenvalue weighted by molar-refractivity contribution is 6.09. The third-order valence-electron chi connectivity index (χ3n) is 10.8. The normalized spacial score (nSPS) is 15.2. The Kier molecular flexibility index (Phi) is 31.5. The molecule has 1 saturated heterocycles. The first-order valence-electron chi connectivity index (χ1n) is 25.2. The monoisotopic (exact) mass is 1010 g/mol. The number of allylic oxidation sites excluding steroid dienone is 2. The Labute approximate surface area is 422 Å². The van der Waals surface area contributed by atoms with Crippen molar-refractivity contribution in [2.45, 2.75) is 83.2 Å². The maximum atomic E-state index is 13.1. The molecule has 0 aromatic heterocycles. The van der Waals surface area contributed by atoms with E-state index in [1.165, 1.54) is 0 Å². The minimum absolute atomic E-state index is 0.0299. The van der Waals surface area contributed by atoms with Gasteiger partial charge >= 0.3 is 11.9 Å². The van der Waals surface area contributed by atoms with Gasteiger partial charge in [-0.3, -0.25) is 24.0 Å². The largest absolute Gasteiger partial charge is 0.494 e. The summed E-state index contributed by atoms with van der Waals surface area (Å²) < 4.78 is 55.3. The summed E-state index contributed by atoms with van der Waals surface area (Å²) in [5, 5.41) is 6.64. The first-order chi connectivity index (χ1) is 35.3. The van der Waals surface area contributed by atoms with Gasteiger partial charge in [-0.25, -0.2) is 4.79 Å². The minimum atomic E-state index is -0.712. The van der Waals surface area contributed by atoms with Crippen LogP contribution in [0, 0.1) is 0 Å². The molecule has 1 heterocycles. The number of amides is 3.